The standard InChI is InChI=1S/C12H21N3/c1-9-3-4-11(5-9)12(13)6-10-7-14-15(2)8-10/h7-9,11-12H,3-6,13H2,1-2H3. The molecule has 2 N–H and O–H groups in total. The van der Waals surface area contributed by atoms with Gasteiger partial charge in [0.25, 0.3) is 0 Å². The molecule has 15 heavy (non-hydrogen) atoms. The third-order valence-corrected chi connectivity index (χ3v) is 3.57. The summed E-state index contributed by atoms with van der Waals surface area (Å²) in [5, 5.41) is 4.17. The zero-order chi connectivity index (χ0) is 10.8. The first-order chi connectivity index (χ1) is 7.15. The maximum atomic E-state index is 6.25. The van der Waals surface area contributed by atoms with Gasteiger partial charge in [-0.25, -0.2) is 0 Å². The van der Waals surface area contributed by atoms with E-state index in [1.165, 1.54) is 24.8 Å². The largest absolute Gasteiger partial charge is 0.327 e. The van der Waals surface area contributed by atoms with Gasteiger partial charge in [-0.3, -0.25) is 4.68 Å². The van der Waals surface area contributed by atoms with Crippen molar-refractivity contribution < 1.29 is 0 Å². The molecule has 2 rings (SSSR count). The molecule has 0 aromatic carbocycles. The molecule has 1 saturated carbocycles. The van der Waals surface area contributed by atoms with E-state index in [0.717, 1.165) is 18.3 Å². The SMILES string of the molecule is CC1CCC(C(N)Cc2cnn(C)c2)C1. The van der Waals surface area contributed by atoms with Gasteiger partial charge in [-0.2, -0.15) is 5.10 Å². The highest BCUT2D eigenvalue weighted by atomic mass is 15.2. The highest BCUT2D eigenvalue weighted by Gasteiger charge is 2.26. The first-order valence-electron chi connectivity index (χ1n) is 5.88. The average molecular weight is 207 g/mol. The summed E-state index contributed by atoms with van der Waals surface area (Å²) >= 11 is 0. The zero-order valence-corrected chi connectivity index (χ0v) is 9.69. The van der Waals surface area contributed by atoms with Gasteiger partial charge < -0.3 is 5.73 Å². The predicted octanol–water partition coefficient (Wildman–Crippen LogP) is 1.73. The van der Waals surface area contributed by atoms with E-state index in [9.17, 15) is 0 Å². The minimum absolute atomic E-state index is 0.319. The lowest BCUT2D eigenvalue weighted by Gasteiger charge is -2.18. The summed E-state index contributed by atoms with van der Waals surface area (Å²) in [5.74, 6) is 1.59. The third kappa shape index (κ3) is 2.59. The molecule has 0 aliphatic heterocycles. The number of nitrogens with two attached hydrogens (primary N) is 1. The molecule has 3 atom stereocenters. The fourth-order valence-corrected chi connectivity index (χ4v) is 2.66. The second-order valence-electron chi connectivity index (χ2n) is 5.07. The smallest absolute Gasteiger partial charge is 0.0522 e. The Bertz CT molecular complexity index is 318. The Morgan fingerprint density at radius 2 is 2.40 bits per heavy atom. The third-order valence-electron chi connectivity index (χ3n) is 3.57. The molecule has 1 heterocycles. The van der Waals surface area contributed by atoms with Crippen molar-refractivity contribution in [2.24, 2.45) is 24.6 Å². The zero-order valence-electron chi connectivity index (χ0n) is 9.69. The van der Waals surface area contributed by atoms with E-state index in [-0.39, 0.29) is 0 Å². The summed E-state index contributed by atoms with van der Waals surface area (Å²) < 4.78 is 1.85. The number of nitrogens with zero attached hydrogens (tertiary/aromatic N) is 2. The molecule has 0 saturated heterocycles. The Balaban J connectivity index is 1.89. The molecule has 1 aromatic heterocycles. The predicted molar refractivity (Wildman–Crippen MR) is 61.4 cm³/mol. The molecule has 1 fully saturated rings. The van der Waals surface area contributed by atoms with E-state index < -0.39 is 0 Å². The Morgan fingerprint density at radius 3 is 2.93 bits per heavy atom. The molecule has 3 nitrogen and oxygen atoms in total. The highest BCUT2D eigenvalue weighted by Crippen LogP contribution is 2.32. The monoisotopic (exact) mass is 207 g/mol. The van der Waals surface area contributed by atoms with Crippen LogP contribution in [0.4, 0.5) is 0 Å². The van der Waals surface area contributed by atoms with E-state index in [4.69, 9.17) is 5.73 Å². The second kappa shape index (κ2) is 4.35. The van der Waals surface area contributed by atoms with Gasteiger partial charge in [0.05, 0.1) is 6.20 Å². The molecule has 3 heteroatoms. The van der Waals surface area contributed by atoms with Gasteiger partial charge in [0, 0.05) is 19.3 Å². The molecule has 1 aliphatic rings. The molecule has 3 unspecified atom stereocenters. The van der Waals surface area contributed by atoms with Crippen molar-refractivity contribution in [3.63, 3.8) is 0 Å². The molecular formula is C12H21N3. The first-order valence-corrected chi connectivity index (χ1v) is 5.88. The molecule has 1 aromatic rings. The molecule has 0 bridgehead atoms. The van der Waals surface area contributed by atoms with Crippen LogP contribution in [0.3, 0.4) is 0 Å². The van der Waals surface area contributed by atoms with Crippen LogP contribution in [0.15, 0.2) is 12.4 Å². The van der Waals surface area contributed by atoms with Crippen molar-refractivity contribution in [2.75, 3.05) is 0 Å². The number of rotatable bonds is 3. The summed E-state index contributed by atoms with van der Waals surface area (Å²) in [6, 6.07) is 0.319. The molecule has 0 amide bonds. The minimum atomic E-state index is 0.319. The van der Waals surface area contributed by atoms with E-state index in [2.05, 4.69) is 18.2 Å². The normalized spacial score (nSPS) is 28.2. The fourth-order valence-electron chi connectivity index (χ4n) is 2.66. The van der Waals surface area contributed by atoms with Crippen LogP contribution >= 0.6 is 0 Å². The quantitative estimate of drug-likeness (QED) is 0.820. The number of aromatic nitrogens is 2. The molecule has 0 spiro atoms. The van der Waals surface area contributed by atoms with Crippen LogP contribution in [0.25, 0.3) is 0 Å². The second-order valence-corrected chi connectivity index (χ2v) is 5.07. The van der Waals surface area contributed by atoms with Gasteiger partial charge in [0.15, 0.2) is 0 Å². The van der Waals surface area contributed by atoms with Crippen molar-refractivity contribution >= 4 is 0 Å². The molecule has 1 aliphatic carbocycles. The Kier molecular flexibility index (Phi) is 3.10. The van der Waals surface area contributed by atoms with Gasteiger partial charge in [-0.05, 0) is 36.7 Å². The van der Waals surface area contributed by atoms with Crippen molar-refractivity contribution in [3.05, 3.63) is 18.0 Å². The van der Waals surface area contributed by atoms with E-state index in [0.29, 0.717) is 6.04 Å². The van der Waals surface area contributed by atoms with Gasteiger partial charge in [0.1, 0.15) is 0 Å². The van der Waals surface area contributed by atoms with Crippen LogP contribution in [-0.4, -0.2) is 15.8 Å². The number of aryl methyl sites for hydroxylation is 1. The van der Waals surface area contributed by atoms with Crippen LogP contribution in [0, 0.1) is 11.8 Å². The number of hydrogen-bond acceptors (Lipinski definition) is 2. The van der Waals surface area contributed by atoms with Crippen LogP contribution in [0.5, 0.6) is 0 Å². The van der Waals surface area contributed by atoms with Crippen molar-refractivity contribution in [3.8, 4) is 0 Å². The van der Waals surface area contributed by atoms with Gasteiger partial charge in [0.2, 0.25) is 0 Å². The first kappa shape index (κ1) is 10.7. The van der Waals surface area contributed by atoms with E-state index in [1.807, 2.05) is 17.9 Å². The van der Waals surface area contributed by atoms with E-state index >= 15 is 0 Å². The van der Waals surface area contributed by atoms with Crippen LogP contribution in [-0.2, 0) is 13.5 Å². The molecular weight excluding hydrogens is 186 g/mol. The summed E-state index contributed by atoms with van der Waals surface area (Å²) in [4.78, 5) is 0. The number of hydrogen-bond donors (Lipinski definition) is 1. The van der Waals surface area contributed by atoms with Gasteiger partial charge in [-0.15, -0.1) is 0 Å². The maximum Gasteiger partial charge on any atom is 0.0522 e. The summed E-state index contributed by atoms with van der Waals surface area (Å²) in [6.45, 7) is 2.33. The van der Waals surface area contributed by atoms with Crippen molar-refractivity contribution in [1.29, 1.82) is 0 Å². The minimum Gasteiger partial charge on any atom is -0.327 e. The fraction of sp³-hybridized carbons (Fsp3) is 0.750. The van der Waals surface area contributed by atoms with Gasteiger partial charge >= 0.3 is 0 Å². The summed E-state index contributed by atoms with van der Waals surface area (Å²) in [7, 11) is 1.95. The lowest BCUT2D eigenvalue weighted by Crippen LogP contribution is -2.30. The van der Waals surface area contributed by atoms with Crippen molar-refractivity contribution in [2.45, 2.75) is 38.6 Å². The lowest BCUT2D eigenvalue weighted by molar-refractivity contribution is 0.415. The topological polar surface area (TPSA) is 43.8 Å². The average Bonchev–Trinajstić information content (AvgIpc) is 2.75. The summed E-state index contributed by atoms with van der Waals surface area (Å²) in [5.41, 5.74) is 7.51. The lowest BCUT2D eigenvalue weighted by atomic mass is 9.93. The van der Waals surface area contributed by atoms with Crippen LogP contribution in [0.2, 0.25) is 0 Å². The Morgan fingerprint density at radius 1 is 1.60 bits per heavy atom. The van der Waals surface area contributed by atoms with Crippen LogP contribution in [0.1, 0.15) is 31.7 Å². The van der Waals surface area contributed by atoms with Gasteiger partial charge in [-0.1, -0.05) is 13.3 Å². The maximum absolute atomic E-state index is 6.25. The highest BCUT2D eigenvalue weighted by molar-refractivity contribution is 5.06. The summed E-state index contributed by atoms with van der Waals surface area (Å²) in [6.07, 6.45) is 8.94. The Hall–Kier alpha value is -0.830. The Labute approximate surface area is 91.7 Å². The molecule has 84 valence electrons. The van der Waals surface area contributed by atoms with Crippen LogP contribution < -0.4 is 5.73 Å². The van der Waals surface area contributed by atoms with E-state index in [1.54, 1.807) is 0 Å². The van der Waals surface area contributed by atoms with Crippen molar-refractivity contribution in [1.82, 2.24) is 9.78 Å². The molecule has 0 radical (unpaired) electrons.